The highest BCUT2D eigenvalue weighted by molar-refractivity contribution is 6.33. The zero-order chi connectivity index (χ0) is 15.8. The summed E-state index contributed by atoms with van der Waals surface area (Å²) in [5.74, 6) is -5.73. The third-order valence-corrected chi connectivity index (χ3v) is 4.66. The van der Waals surface area contributed by atoms with Crippen LogP contribution >= 0.6 is 11.6 Å². The number of rotatable bonds is 6. The average molecular weight is 318 g/mol. The quantitative estimate of drug-likeness (QED) is 0.780. The molecule has 0 radical (unpaired) electrons. The van der Waals surface area contributed by atoms with Gasteiger partial charge in [-0.05, 0) is 30.5 Å². The Kier molecular flexibility index (Phi) is 4.15. The van der Waals surface area contributed by atoms with E-state index in [-0.39, 0.29) is 18.5 Å². The maximum Gasteiger partial charge on any atom is 0.316 e. The van der Waals surface area contributed by atoms with Gasteiger partial charge in [-0.25, -0.2) is 8.78 Å². The third kappa shape index (κ3) is 2.48. The highest BCUT2D eigenvalue weighted by atomic mass is 35.5. The second-order valence-electron chi connectivity index (χ2n) is 5.63. The first-order valence-corrected chi connectivity index (χ1v) is 7.30. The van der Waals surface area contributed by atoms with E-state index >= 15 is 0 Å². The highest BCUT2D eigenvalue weighted by Crippen LogP contribution is 2.69. The largest absolute Gasteiger partial charge is 0.481 e. The van der Waals surface area contributed by atoms with E-state index in [1.165, 1.54) is 12.1 Å². The maximum atomic E-state index is 14.1. The summed E-state index contributed by atoms with van der Waals surface area (Å²) in [6.45, 7) is 1.89. The van der Waals surface area contributed by atoms with Crippen LogP contribution in [0, 0.1) is 11.3 Å². The lowest BCUT2D eigenvalue weighted by molar-refractivity contribution is -0.147. The average Bonchev–Trinajstić information content (AvgIpc) is 2.88. The number of anilines is 1. The number of alkyl halides is 2. The molecule has 1 aliphatic carbocycles. The number of benzene rings is 1. The van der Waals surface area contributed by atoms with Crippen LogP contribution in [0.2, 0.25) is 5.02 Å². The van der Waals surface area contributed by atoms with Crippen LogP contribution in [0.15, 0.2) is 18.2 Å². The number of aliphatic carboxylic acids is 1. The van der Waals surface area contributed by atoms with Gasteiger partial charge in [-0.2, -0.15) is 0 Å². The second kappa shape index (κ2) is 5.44. The van der Waals surface area contributed by atoms with Crippen molar-refractivity contribution in [1.29, 1.82) is 0 Å². The molecular formula is C15H18ClF2NO2. The zero-order valence-electron chi connectivity index (χ0n) is 11.7. The van der Waals surface area contributed by atoms with Crippen molar-refractivity contribution in [1.82, 2.24) is 0 Å². The topological polar surface area (TPSA) is 63.3 Å². The van der Waals surface area contributed by atoms with Crippen molar-refractivity contribution in [2.75, 3.05) is 5.73 Å². The predicted molar refractivity (Wildman–Crippen MR) is 77.6 cm³/mol. The summed E-state index contributed by atoms with van der Waals surface area (Å²) in [5, 5.41) is 9.68. The minimum absolute atomic E-state index is 0.221. The van der Waals surface area contributed by atoms with E-state index in [1.807, 2.05) is 6.92 Å². The van der Waals surface area contributed by atoms with Crippen LogP contribution in [0.25, 0.3) is 0 Å². The predicted octanol–water partition coefficient (Wildman–Crippen LogP) is 3.99. The summed E-state index contributed by atoms with van der Waals surface area (Å²) in [6.07, 6.45) is 1.35. The molecule has 1 fully saturated rings. The fraction of sp³-hybridized carbons (Fsp3) is 0.533. The molecule has 0 aliphatic heterocycles. The monoisotopic (exact) mass is 317 g/mol. The molecule has 1 aromatic carbocycles. The van der Waals surface area contributed by atoms with E-state index in [0.29, 0.717) is 17.0 Å². The summed E-state index contributed by atoms with van der Waals surface area (Å²) >= 11 is 5.79. The van der Waals surface area contributed by atoms with E-state index in [0.717, 1.165) is 6.42 Å². The van der Waals surface area contributed by atoms with Crippen molar-refractivity contribution >= 4 is 23.3 Å². The smallest absolute Gasteiger partial charge is 0.316 e. The van der Waals surface area contributed by atoms with Gasteiger partial charge in [0.1, 0.15) is 5.41 Å². The lowest BCUT2D eigenvalue weighted by Crippen LogP contribution is -2.25. The molecule has 0 heterocycles. The first-order valence-electron chi connectivity index (χ1n) is 6.92. The first kappa shape index (κ1) is 16.0. The molecule has 0 saturated heterocycles. The molecule has 3 N–H and O–H groups in total. The van der Waals surface area contributed by atoms with E-state index in [2.05, 4.69) is 0 Å². The Balaban J connectivity index is 2.28. The van der Waals surface area contributed by atoms with Gasteiger partial charge in [0.15, 0.2) is 0 Å². The molecule has 116 valence electrons. The fourth-order valence-electron chi connectivity index (χ4n) is 3.00. The van der Waals surface area contributed by atoms with Crippen LogP contribution in [-0.2, 0) is 11.2 Å². The molecule has 2 rings (SSSR count). The van der Waals surface area contributed by atoms with Crippen molar-refractivity contribution in [2.45, 2.75) is 38.5 Å². The van der Waals surface area contributed by atoms with Gasteiger partial charge in [0, 0.05) is 5.92 Å². The molecule has 0 spiro atoms. The van der Waals surface area contributed by atoms with Crippen LogP contribution in [0.1, 0.15) is 31.7 Å². The number of carboxylic acids is 1. The molecule has 3 nitrogen and oxygen atoms in total. The number of halogens is 3. The molecule has 6 heteroatoms. The number of nitrogen functional groups attached to an aromatic ring is 1. The van der Waals surface area contributed by atoms with Gasteiger partial charge >= 0.3 is 5.97 Å². The molecule has 1 saturated carbocycles. The van der Waals surface area contributed by atoms with E-state index in [4.69, 9.17) is 17.3 Å². The van der Waals surface area contributed by atoms with Gasteiger partial charge in [-0.3, -0.25) is 4.79 Å². The summed E-state index contributed by atoms with van der Waals surface area (Å²) in [6, 6.07) is 4.52. The van der Waals surface area contributed by atoms with Gasteiger partial charge in [0.25, 0.3) is 5.92 Å². The lowest BCUT2D eigenvalue weighted by atomic mass is 9.92. The normalized spacial score (nSPS) is 26.6. The van der Waals surface area contributed by atoms with Crippen molar-refractivity contribution in [3.63, 3.8) is 0 Å². The van der Waals surface area contributed by atoms with Gasteiger partial charge in [-0.1, -0.05) is 37.4 Å². The zero-order valence-corrected chi connectivity index (χ0v) is 12.5. The number of hydrogen-bond donors (Lipinski definition) is 2. The third-order valence-electron chi connectivity index (χ3n) is 4.32. The number of unbranched alkanes of at least 4 members (excludes halogenated alkanes) is 1. The molecule has 2 atom stereocenters. The van der Waals surface area contributed by atoms with E-state index in [9.17, 15) is 18.7 Å². The van der Waals surface area contributed by atoms with E-state index < -0.39 is 23.2 Å². The first-order chi connectivity index (χ1) is 9.77. The summed E-state index contributed by atoms with van der Waals surface area (Å²) in [4.78, 5) is 11.5. The lowest BCUT2D eigenvalue weighted by Gasteiger charge is -2.13. The molecule has 1 aromatic rings. The van der Waals surface area contributed by atoms with Crippen LogP contribution < -0.4 is 5.73 Å². The molecule has 0 amide bonds. The number of carbonyl (C=O) groups is 1. The summed E-state index contributed by atoms with van der Waals surface area (Å²) < 4.78 is 28.2. The molecule has 0 aromatic heterocycles. The number of hydrogen-bond acceptors (Lipinski definition) is 2. The number of carboxylic acid groups (broad SMARTS) is 1. The molecule has 2 unspecified atom stereocenters. The van der Waals surface area contributed by atoms with Crippen molar-refractivity contribution < 1.29 is 18.7 Å². The van der Waals surface area contributed by atoms with Gasteiger partial charge in [-0.15, -0.1) is 0 Å². The molecular weight excluding hydrogens is 300 g/mol. The summed E-state index contributed by atoms with van der Waals surface area (Å²) in [7, 11) is 0. The van der Waals surface area contributed by atoms with Crippen LogP contribution in [-0.4, -0.2) is 17.0 Å². The minimum Gasteiger partial charge on any atom is -0.481 e. The maximum absolute atomic E-state index is 14.1. The molecule has 1 aliphatic rings. The van der Waals surface area contributed by atoms with Crippen molar-refractivity contribution in [3.8, 4) is 0 Å². The number of nitrogens with two attached hydrogens (primary N) is 1. The summed E-state index contributed by atoms with van der Waals surface area (Å²) in [5.41, 5.74) is 4.38. The van der Waals surface area contributed by atoms with Crippen molar-refractivity contribution in [3.05, 3.63) is 28.8 Å². The van der Waals surface area contributed by atoms with Gasteiger partial charge < -0.3 is 10.8 Å². The van der Waals surface area contributed by atoms with Crippen LogP contribution in [0.5, 0.6) is 0 Å². The Morgan fingerprint density at radius 3 is 2.67 bits per heavy atom. The van der Waals surface area contributed by atoms with Crippen LogP contribution in [0.4, 0.5) is 14.5 Å². The Bertz CT molecular complexity index is 565. The van der Waals surface area contributed by atoms with Crippen molar-refractivity contribution in [2.24, 2.45) is 11.3 Å². The second-order valence-corrected chi connectivity index (χ2v) is 6.03. The molecule has 0 bridgehead atoms. The highest BCUT2D eigenvalue weighted by Gasteiger charge is 2.83. The Morgan fingerprint density at radius 1 is 1.48 bits per heavy atom. The Labute approximate surface area is 127 Å². The van der Waals surface area contributed by atoms with E-state index in [1.54, 1.807) is 6.07 Å². The minimum atomic E-state index is -3.18. The Hall–Kier alpha value is -1.36. The Morgan fingerprint density at radius 2 is 2.14 bits per heavy atom. The fourth-order valence-corrected chi connectivity index (χ4v) is 3.12. The molecule has 21 heavy (non-hydrogen) atoms. The van der Waals surface area contributed by atoms with Gasteiger partial charge in [0.2, 0.25) is 0 Å². The van der Waals surface area contributed by atoms with Crippen LogP contribution in [0.3, 0.4) is 0 Å². The standard InChI is InChI=1S/C15H18ClF2NO2/c1-2-3-4-12-14(13(20)21,15(12,17)18)8-9-5-6-10(16)11(19)7-9/h5-7,12H,2-4,8,19H2,1H3,(H,20,21). The van der Waals surface area contributed by atoms with Gasteiger partial charge in [0.05, 0.1) is 10.7 Å². The SMILES string of the molecule is CCCCC1C(F)(F)C1(Cc1ccc(Cl)c(N)c1)C(=O)O.